The summed E-state index contributed by atoms with van der Waals surface area (Å²) in [4.78, 5) is 10.7. The summed E-state index contributed by atoms with van der Waals surface area (Å²) in [5.41, 5.74) is 2.19. The lowest BCUT2D eigenvalue weighted by Gasteiger charge is -2.10. The number of aliphatic carboxylic acids is 1. The Balaban J connectivity index is 2.72. The number of hydrogen-bond acceptors (Lipinski definition) is 3. The Kier molecular flexibility index (Phi) is 4.68. The monoisotopic (exact) mass is 240 g/mol. The van der Waals surface area contributed by atoms with Crippen molar-refractivity contribution in [3.05, 3.63) is 29.3 Å². The first kappa shape index (κ1) is 12.9. The maximum absolute atomic E-state index is 10.7. The molecule has 0 bridgehead atoms. The number of rotatable bonds is 5. The molecule has 0 aliphatic heterocycles. The van der Waals surface area contributed by atoms with Crippen LogP contribution in [0.3, 0.4) is 0 Å². The van der Waals surface area contributed by atoms with Crippen LogP contribution in [0.4, 0.5) is 0 Å². The number of ether oxygens (including phenoxy) is 1. The number of thioether (sulfide) groups is 1. The summed E-state index contributed by atoms with van der Waals surface area (Å²) in [6.45, 7) is 3.70. The lowest BCUT2D eigenvalue weighted by atomic mass is 10.1. The van der Waals surface area contributed by atoms with Crippen LogP contribution in [-0.4, -0.2) is 23.4 Å². The molecule has 0 fully saturated rings. The third-order valence-electron chi connectivity index (χ3n) is 2.27. The maximum Gasteiger partial charge on any atom is 0.316 e. The van der Waals surface area contributed by atoms with Crippen LogP contribution in [0.1, 0.15) is 18.1 Å². The molecule has 0 heterocycles. The topological polar surface area (TPSA) is 46.5 Å². The number of carboxylic acids is 1. The van der Waals surface area contributed by atoms with Gasteiger partial charge in [-0.3, -0.25) is 4.79 Å². The molecule has 1 aromatic rings. The van der Waals surface area contributed by atoms with Crippen molar-refractivity contribution in [2.75, 3.05) is 7.11 Å². The molecule has 1 unspecified atom stereocenters. The first-order valence-electron chi connectivity index (χ1n) is 5.02. The van der Waals surface area contributed by atoms with Gasteiger partial charge in [-0.15, -0.1) is 11.8 Å². The fraction of sp³-hybridized carbons (Fsp3) is 0.417. The van der Waals surface area contributed by atoms with E-state index < -0.39 is 11.2 Å². The van der Waals surface area contributed by atoms with Crippen molar-refractivity contribution in [2.45, 2.75) is 24.9 Å². The fourth-order valence-electron chi connectivity index (χ4n) is 1.31. The number of carboxylic acid groups (broad SMARTS) is 1. The summed E-state index contributed by atoms with van der Waals surface area (Å²) < 4.78 is 5.23. The average molecular weight is 240 g/mol. The van der Waals surface area contributed by atoms with Gasteiger partial charge < -0.3 is 9.84 Å². The normalized spacial score (nSPS) is 12.2. The van der Waals surface area contributed by atoms with Crippen LogP contribution in [0.5, 0.6) is 5.75 Å². The molecule has 0 aliphatic rings. The highest BCUT2D eigenvalue weighted by molar-refractivity contribution is 7.99. The molecule has 0 aliphatic carbocycles. The summed E-state index contributed by atoms with van der Waals surface area (Å²) in [5.74, 6) is 0.686. The summed E-state index contributed by atoms with van der Waals surface area (Å²) in [5, 5.41) is 8.39. The summed E-state index contributed by atoms with van der Waals surface area (Å²) >= 11 is 1.40. The summed E-state index contributed by atoms with van der Waals surface area (Å²) in [7, 11) is 1.62. The smallest absolute Gasteiger partial charge is 0.316 e. The molecule has 16 heavy (non-hydrogen) atoms. The van der Waals surface area contributed by atoms with E-state index >= 15 is 0 Å². The quantitative estimate of drug-likeness (QED) is 0.859. The average Bonchev–Trinajstić information content (AvgIpc) is 2.25. The van der Waals surface area contributed by atoms with E-state index in [1.165, 1.54) is 11.8 Å². The van der Waals surface area contributed by atoms with Crippen molar-refractivity contribution >= 4 is 17.7 Å². The largest absolute Gasteiger partial charge is 0.496 e. The van der Waals surface area contributed by atoms with Crippen LogP contribution < -0.4 is 4.74 Å². The zero-order valence-electron chi connectivity index (χ0n) is 9.69. The zero-order chi connectivity index (χ0) is 12.1. The zero-order valence-corrected chi connectivity index (χ0v) is 10.5. The second-order valence-electron chi connectivity index (χ2n) is 3.61. The van der Waals surface area contributed by atoms with Gasteiger partial charge in [0.2, 0.25) is 0 Å². The highest BCUT2D eigenvalue weighted by Gasteiger charge is 2.12. The van der Waals surface area contributed by atoms with Gasteiger partial charge in [0.05, 0.1) is 12.4 Å². The first-order chi connectivity index (χ1) is 7.54. The molecular formula is C12H16O3S. The van der Waals surface area contributed by atoms with Crippen LogP contribution in [0.15, 0.2) is 18.2 Å². The lowest BCUT2D eigenvalue weighted by molar-refractivity contribution is -0.136. The van der Waals surface area contributed by atoms with E-state index in [2.05, 4.69) is 0 Å². The minimum absolute atomic E-state index is 0.398. The Morgan fingerprint density at radius 1 is 1.56 bits per heavy atom. The molecule has 1 aromatic carbocycles. The predicted octanol–water partition coefficient (Wildman–Crippen LogP) is 2.71. The van der Waals surface area contributed by atoms with Crippen LogP contribution in [0.2, 0.25) is 0 Å². The second kappa shape index (κ2) is 5.80. The Morgan fingerprint density at radius 3 is 2.81 bits per heavy atom. The summed E-state index contributed by atoms with van der Waals surface area (Å²) in [6.07, 6.45) is 0. The van der Waals surface area contributed by atoms with Gasteiger partial charge in [-0.25, -0.2) is 0 Å². The minimum Gasteiger partial charge on any atom is -0.496 e. The SMILES string of the molecule is COc1ccc(C)cc1CSC(C)C(=O)O. The number of carbonyl (C=O) groups is 1. The number of methoxy groups -OCH3 is 1. The van der Waals surface area contributed by atoms with Crippen molar-refractivity contribution in [3.63, 3.8) is 0 Å². The number of aryl methyl sites for hydroxylation is 1. The lowest BCUT2D eigenvalue weighted by Crippen LogP contribution is -2.11. The van der Waals surface area contributed by atoms with Crippen molar-refractivity contribution in [2.24, 2.45) is 0 Å². The third kappa shape index (κ3) is 3.45. The van der Waals surface area contributed by atoms with E-state index in [4.69, 9.17) is 9.84 Å². The van der Waals surface area contributed by atoms with E-state index in [0.29, 0.717) is 5.75 Å². The van der Waals surface area contributed by atoms with Gasteiger partial charge in [-0.05, 0) is 19.9 Å². The molecule has 1 rings (SSSR count). The molecule has 0 saturated carbocycles. The Bertz CT molecular complexity index is 377. The van der Waals surface area contributed by atoms with Crippen LogP contribution in [-0.2, 0) is 10.5 Å². The van der Waals surface area contributed by atoms with Crippen LogP contribution >= 0.6 is 11.8 Å². The number of benzene rings is 1. The third-order valence-corrected chi connectivity index (χ3v) is 3.45. The van der Waals surface area contributed by atoms with Gasteiger partial charge in [-0.1, -0.05) is 17.7 Å². The minimum atomic E-state index is -0.781. The van der Waals surface area contributed by atoms with Crippen molar-refractivity contribution in [3.8, 4) is 5.75 Å². The molecule has 1 N–H and O–H groups in total. The van der Waals surface area contributed by atoms with Crippen LogP contribution in [0, 0.1) is 6.92 Å². The van der Waals surface area contributed by atoms with Gasteiger partial charge in [0.1, 0.15) is 5.75 Å². The summed E-state index contributed by atoms with van der Waals surface area (Å²) in [6, 6.07) is 5.92. The van der Waals surface area contributed by atoms with Gasteiger partial charge in [0.15, 0.2) is 0 Å². The Labute approximate surface area is 99.8 Å². The van der Waals surface area contributed by atoms with E-state index in [0.717, 1.165) is 16.9 Å². The molecule has 0 radical (unpaired) electrons. The maximum atomic E-state index is 10.7. The van der Waals surface area contributed by atoms with Crippen molar-refractivity contribution in [1.82, 2.24) is 0 Å². The molecule has 0 saturated heterocycles. The Hall–Kier alpha value is -1.16. The highest BCUT2D eigenvalue weighted by Crippen LogP contribution is 2.26. The molecular weight excluding hydrogens is 224 g/mol. The molecule has 0 amide bonds. The van der Waals surface area contributed by atoms with E-state index in [-0.39, 0.29) is 0 Å². The van der Waals surface area contributed by atoms with Crippen molar-refractivity contribution < 1.29 is 14.6 Å². The van der Waals surface area contributed by atoms with Crippen LogP contribution in [0.25, 0.3) is 0 Å². The molecule has 1 atom stereocenters. The molecule has 4 heteroatoms. The molecule has 0 aromatic heterocycles. The second-order valence-corrected chi connectivity index (χ2v) is 4.94. The Morgan fingerprint density at radius 2 is 2.25 bits per heavy atom. The van der Waals surface area contributed by atoms with Gasteiger partial charge >= 0.3 is 5.97 Å². The van der Waals surface area contributed by atoms with Crippen molar-refractivity contribution in [1.29, 1.82) is 0 Å². The van der Waals surface area contributed by atoms with Gasteiger partial charge in [-0.2, -0.15) is 0 Å². The van der Waals surface area contributed by atoms with Gasteiger partial charge in [0, 0.05) is 11.3 Å². The number of hydrogen-bond donors (Lipinski definition) is 1. The molecule has 0 spiro atoms. The fourth-order valence-corrected chi connectivity index (χ4v) is 2.10. The highest BCUT2D eigenvalue weighted by atomic mass is 32.2. The van der Waals surface area contributed by atoms with Gasteiger partial charge in [0.25, 0.3) is 0 Å². The standard InChI is InChI=1S/C12H16O3S/c1-8-4-5-11(15-3)10(6-8)7-16-9(2)12(13)14/h4-6,9H,7H2,1-3H3,(H,13,14). The van der Waals surface area contributed by atoms with E-state index in [1.54, 1.807) is 14.0 Å². The molecule has 3 nitrogen and oxygen atoms in total. The van der Waals surface area contributed by atoms with E-state index in [9.17, 15) is 4.79 Å². The first-order valence-corrected chi connectivity index (χ1v) is 6.07. The van der Waals surface area contributed by atoms with E-state index in [1.807, 2.05) is 25.1 Å². The predicted molar refractivity (Wildman–Crippen MR) is 66.1 cm³/mol. The molecule has 88 valence electrons.